The fraction of sp³-hybridized carbons (Fsp3) is 0.333. The molecule has 1 fully saturated rings. The summed E-state index contributed by atoms with van der Waals surface area (Å²) in [6, 6.07) is 16.8. The fourth-order valence-electron chi connectivity index (χ4n) is 4.08. The molecule has 2 aliphatic rings. The van der Waals surface area contributed by atoms with Crippen LogP contribution in [-0.2, 0) is 9.59 Å². The van der Waals surface area contributed by atoms with Crippen LogP contribution in [0, 0.1) is 6.92 Å². The Morgan fingerprint density at radius 2 is 1.62 bits per heavy atom. The topological polar surface area (TPSA) is 43.9 Å². The van der Waals surface area contributed by atoms with Gasteiger partial charge in [-0.3, -0.25) is 9.59 Å². The summed E-state index contributed by atoms with van der Waals surface area (Å²) in [5.41, 5.74) is 5.85. The van der Waals surface area contributed by atoms with Crippen LogP contribution >= 0.6 is 0 Å². The number of amides is 2. The third-order valence-electron chi connectivity index (χ3n) is 5.77. The van der Waals surface area contributed by atoms with E-state index in [0.717, 1.165) is 11.3 Å². The molecule has 0 aliphatic carbocycles. The molecule has 2 heterocycles. The van der Waals surface area contributed by atoms with Crippen molar-refractivity contribution < 1.29 is 9.59 Å². The molecular weight excluding hydrogens is 362 g/mol. The number of hydrogen-bond donors (Lipinski definition) is 0. The van der Waals surface area contributed by atoms with Crippen molar-refractivity contribution in [1.29, 1.82) is 0 Å². The van der Waals surface area contributed by atoms with Crippen LogP contribution in [0.25, 0.3) is 11.6 Å². The van der Waals surface area contributed by atoms with E-state index in [4.69, 9.17) is 0 Å². The maximum absolute atomic E-state index is 13.0. The van der Waals surface area contributed by atoms with Crippen molar-refractivity contribution in [2.45, 2.75) is 13.8 Å². The predicted molar refractivity (Wildman–Crippen MR) is 117 cm³/mol. The summed E-state index contributed by atoms with van der Waals surface area (Å²) in [6.45, 7) is 7.17. The average Bonchev–Trinajstić information content (AvgIpc) is 2.74. The molecule has 0 N–H and O–H groups in total. The highest BCUT2D eigenvalue weighted by Crippen LogP contribution is 2.33. The lowest BCUT2D eigenvalue weighted by Crippen LogP contribution is -2.52. The number of anilines is 1. The molecule has 0 bridgehead atoms. The zero-order valence-electron chi connectivity index (χ0n) is 17.1. The molecule has 29 heavy (non-hydrogen) atoms. The minimum Gasteiger partial charge on any atom is -0.357 e. The van der Waals surface area contributed by atoms with E-state index in [9.17, 15) is 9.59 Å². The minimum atomic E-state index is 0.0789. The predicted octanol–water partition coefficient (Wildman–Crippen LogP) is 3.05. The average molecular weight is 389 g/mol. The lowest BCUT2D eigenvalue weighted by Gasteiger charge is -2.37. The smallest absolute Gasteiger partial charge is 0.242 e. The monoisotopic (exact) mass is 389 g/mol. The Morgan fingerprint density at radius 3 is 2.31 bits per heavy atom. The Morgan fingerprint density at radius 1 is 0.931 bits per heavy atom. The molecule has 150 valence electrons. The second-order valence-electron chi connectivity index (χ2n) is 7.84. The maximum atomic E-state index is 13.0. The first-order valence-corrected chi connectivity index (χ1v) is 10.2. The van der Waals surface area contributed by atoms with E-state index in [0.29, 0.717) is 39.3 Å². The number of carbonyl (C=O) groups excluding carboxylic acids is 2. The van der Waals surface area contributed by atoms with Crippen molar-refractivity contribution in [3.63, 3.8) is 0 Å². The van der Waals surface area contributed by atoms with Crippen molar-refractivity contribution in [3.05, 3.63) is 65.2 Å². The van der Waals surface area contributed by atoms with Crippen LogP contribution in [0.15, 0.2) is 48.5 Å². The van der Waals surface area contributed by atoms with Crippen molar-refractivity contribution in [1.82, 2.24) is 9.80 Å². The molecule has 2 aromatic rings. The minimum absolute atomic E-state index is 0.0789. The van der Waals surface area contributed by atoms with Gasteiger partial charge >= 0.3 is 0 Å². The van der Waals surface area contributed by atoms with Gasteiger partial charge in [-0.2, -0.15) is 0 Å². The quantitative estimate of drug-likeness (QED) is 0.811. The SMILES string of the molecule is CC(=O)N1CCN(C(=O)CN2CC(c3ccccc3)=Cc3ccc(C)cc32)CC1. The molecule has 1 saturated heterocycles. The van der Waals surface area contributed by atoms with Gasteiger partial charge in [0.05, 0.1) is 6.54 Å². The van der Waals surface area contributed by atoms with Gasteiger partial charge in [-0.1, -0.05) is 42.5 Å². The van der Waals surface area contributed by atoms with Gasteiger partial charge in [0.2, 0.25) is 11.8 Å². The van der Waals surface area contributed by atoms with Crippen molar-refractivity contribution in [3.8, 4) is 0 Å². The fourth-order valence-corrected chi connectivity index (χ4v) is 4.08. The van der Waals surface area contributed by atoms with E-state index >= 15 is 0 Å². The number of aryl methyl sites for hydroxylation is 1. The first-order chi connectivity index (χ1) is 14.0. The number of rotatable bonds is 3. The summed E-state index contributed by atoms with van der Waals surface area (Å²) in [7, 11) is 0. The largest absolute Gasteiger partial charge is 0.357 e. The highest BCUT2D eigenvalue weighted by atomic mass is 16.2. The molecule has 0 aromatic heterocycles. The van der Waals surface area contributed by atoms with Crippen molar-refractivity contribution in [2.75, 3.05) is 44.2 Å². The second-order valence-corrected chi connectivity index (χ2v) is 7.84. The lowest BCUT2D eigenvalue weighted by molar-refractivity contribution is -0.137. The number of fused-ring (bicyclic) bond motifs is 1. The maximum Gasteiger partial charge on any atom is 0.242 e. The van der Waals surface area contributed by atoms with Crippen LogP contribution in [0.5, 0.6) is 0 Å². The van der Waals surface area contributed by atoms with E-state index in [2.05, 4.69) is 48.2 Å². The van der Waals surface area contributed by atoms with E-state index in [-0.39, 0.29) is 11.8 Å². The van der Waals surface area contributed by atoms with Gasteiger partial charge in [-0.25, -0.2) is 0 Å². The van der Waals surface area contributed by atoms with Crippen LogP contribution in [0.4, 0.5) is 5.69 Å². The van der Waals surface area contributed by atoms with Crippen molar-refractivity contribution in [2.24, 2.45) is 0 Å². The lowest BCUT2D eigenvalue weighted by atomic mass is 9.96. The van der Waals surface area contributed by atoms with Gasteiger partial charge in [-0.15, -0.1) is 0 Å². The first kappa shape index (κ1) is 19.2. The second kappa shape index (κ2) is 8.11. The third kappa shape index (κ3) is 4.19. The van der Waals surface area contributed by atoms with Gasteiger partial charge in [0.15, 0.2) is 0 Å². The van der Waals surface area contributed by atoms with Gasteiger partial charge in [0, 0.05) is 45.3 Å². The highest BCUT2D eigenvalue weighted by Gasteiger charge is 2.26. The van der Waals surface area contributed by atoms with Crippen LogP contribution in [-0.4, -0.2) is 60.9 Å². The standard InChI is InChI=1S/C24H27N3O2/c1-18-8-9-21-15-22(20-6-4-3-5-7-20)16-27(23(21)14-18)17-24(29)26-12-10-25(11-13-26)19(2)28/h3-9,14-15H,10-13,16-17H2,1-2H3. The first-order valence-electron chi connectivity index (χ1n) is 10.2. The molecule has 5 nitrogen and oxygen atoms in total. The Labute approximate surface area is 172 Å². The Hall–Kier alpha value is -3.08. The Kier molecular flexibility index (Phi) is 5.38. The molecule has 4 rings (SSSR count). The third-order valence-corrected chi connectivity index (χ3v) is 5.77. The van der Waals surface area contributed by atoms with E-state index in [1.165, 1.54) is 16.7 Å². The van der Waals surface area contributed by atoms with E-state index < -0.39 is 0 Å². The van der Waals surface area contributed by atoms with Crippen LogP contribution in [0.2, 0.25) is 0 Å². The van der Waals surface area contributed by atoms with E-state index in [1.54, 1.807) is 11.8 Å². The van der Waals surface area contributed by atoms with Crippen LogP contribution in [0.1, 0.15) is 23.6 Å². The van der Waals surface area contributed by atoms with E-state index in [1.807, 2.05) is 23.1 Å². The number of nitrogens with zero attached hydrogens (tertiary/aromatic N) is 3. The molecule has 0 spiro atoms. The van der Waals surface area contributed by atoms with Gasteiger partial charge in [-0.05, 0) is 41.3 Å². The zero-order valence-corrected chi connectivity index (χ0v) is 17.1. The Bertz CT molecular complexity index is 944. The molecule has 2 amide bonds. The van der Waals surface area contributed by atoms with Crippen LogP contribution < -0.4 is 4.90 Å². The molecule has 2 aromatic carbocycles. The van der Waals surface area contributed by atoms with Gasteiger partial charge < -0.3 is 14.7 Å². The number of benzene rings is 2. The molecule has 0 saturated carbocycles. The normalized spacial score (nSPS) is 16.3. The summed E-state index contributed by atoms with van der Waals surface area (Å²) in [4.78, 5) is 30.5. The summed E-state index contributed by atoms with van der Waals surface area (Å²) >= 11 is 0. The summed E-state index contributed by atoms with van der Waals surface area (Å²) in [6.07, 6.45) is 2.23. The van der Waals surface area contributed by atoms with Crippen LogP contribution in [0.3, 0.4) is 0 Å². The molecule has 0 unspecified atom stereocenters. The molecule has 2 aliphatic heterocycles. The number of carbonyl (C=O) groups is 2. The highest BCUT2D eigenvalue weighted by molar-refractivity contribution is 5.93. The molecule has 5 heteroatoms. The van der Waals surface area contributed by atoms with Gasteiger partial charge in [0.25, 0.3) is 0 Å². The molecule has 0 atom stereocenters. The number of piperazine rings is 1. The van der Waals surface area contributed by atoms with Crippen molar-refractivity contribution >= 4 is 29.2 Å². The summed E-state index contributed by atoms with van der Waals surface area (Å²) in [5, 5.41) is 0. The summed E-state index contributed by atoms with van der Waals surface area (Å²) < 4.78 is 0. The summed E-state index contributed by atoms with van der Waals surface area (Å²) in [5.74, 6) is 0.199. The Balaban J connectivity index is 1.54. The van der Waals surface area contributed by atoms with Gasteiger partial charge in [0.1, 0.15) is 0 Å². The molecular formula is C24H27N3O2. The molecule has 0 radical (unpaired) electrons. The number of hydrogen-bond acceptors (Lipinski definition) is 3. The zero-order chi connectivity index (χ0) is 20.4.